The van der Waals surface area contributed by atoms with Gasteiger partial charge in [-0.15, -0.1) is 10.2 Å². The molecular weight excluding hydrogens is 276 g/mol. The molecule has 2 aromatic rings. The Morgan fingerprint density at radius 3 is 2.90 bits per heavy atom. The quantitative estimate of drug-likeness (QED) is 0.503. The Balaban J connectivity index is 2.27. The summed E-state index contributed by atoms with van der Waals surface area (Å²) in [7, 11) is 0. The third-order valence-corrected chi connectivity index (χ3v) is 3.71. The van der Waals surface area contributed by atoms with E-state index in [-0.39, 0.29) is 10.6 Å². The van der Waals surface area contributed by atoms with Crippen LogP contribution in [0, 0.1) is 17.0 Å². The summed E-state index contributed by atoms with van der Waals surface area (Å²) in [5, 5.41) is 23.9. The van der Waals surface area contributed by atoms with Crippen molar-refractivity contribution in [3.63, 3.8) is 0 Å². The summed E-state index contributed by atoms with van der Waals surface area (Å²) < 4.78 is 0. The predicted molar refractivity (Wildman–Crippen MR) is 78.7 cm³/mol. The summed E-state index contributed by atoms with van der Waals surface area (Å²) in [6.07, 6.45) is 1.05. The highest BCUT2D eigenvalue weighted by molar-refractivity contribution is 7.14. The maximum atomic E-state index is 11.1. The van der Waals surface area contributed by atoms with Crippen LogP contribution in [-0.4, -0.2) is 21.7 Å². The number of nitro benzene ring substituents is 1. The topological polar surface area (TPSA) is 81.0 Å². The van der Waals surface area contributed by atoms with Gasteiger partial charge in [-0.3, -0.25) is 10.1 Å². The summed E-state index contributed by atoms with van der Waals surface area (Å²) in [6.45, 7) is 5.55. The maximum absolute atomic E-state index is 11.1. The number of nitro groups is 1. The van der Waals surface area contributed by atoms with Gasteiger partial charge in [-0.2, -0.15) is 0 Å². The van der Waals surface area contributed by atoms with Crippen LogP contribution in [0.2, 0.25) is 0 Å². The van der Waals surface area contributed by atoms with Crippen LogP contribution in [-0.2, 0) is 6.54 Å². The first-order valence-electron chi connectivity index (χ1n) is 6.40. The number of aromatic nitrogens is 2. The number of aryl methyl sites for hydroxylation is 1. The van der Waals surface area contributed by atoms with Gasteiger partial charge in [0.1, 0.15) is 5.01 Å². The molecule has 1 N–H and O–H groups in total. The highest BCUT2D eigenvalue weighted by Crippen LogP contribution is 2.32. The van der Waals surface area contributed by atoms with E-state index in [0.29, 0.717) is 17.1 Å². The van der Waals surface area contributed by atoms with Crippen LogP contribution in [0.15, 0.2) is 18.2 Å². The second kappa shape index (κ2) is 6.53. The van der Waals surface area contributed by atoms with E-state index >= 15 is 0 Å². The minimum atomic E-state index is -0.384. The molecule has 0 atom stereocenters. The lowest BCUT2D eigenvalue weighted by Gasteiger charge is -2.00. The van der Waals surface area contributed by atoms with Gasteiger partial charge in [-0.1, -0.05) is 24.3 Å². The molecular formula is C13H16N4O2S. The summed E-state index contributed by atoms with van der Waals surface area (Å²) in [4.78, 5) is 10.7. The van der Waals surface area contributed by atoms with Gasteiger partial charge in [0, 0.05) is 12.6 Å². The molecule has 0 fully saturated rings. The van der Waals surface area contributed by atoms with Crippen LogP contribution in [0.25, 0.3) is 10.6 Å². The number of hydrogen-bond acceptors (Lipinski definition) is 6. The first-order chi connectivity index (χ1) is 9.61. The van der Waals surface area contributed by atoms with E-state index in [1.165, 1.54) is 17.4 Å². The molecule has 7 heteroatoms. The first kappa shape index (κ1) is 14.5. The molecule has 1 aromatic heterocycles. The van der Waals surface area contributed by atoms with Crippen molar-refractivity contribution in [1.82, 2.24) is 15.5 Å². The third-order valence-electron chi connectivity index (χ3n) is 2.75. The molecule has 1 aromatic carbocycles. The van der Waals surface area contributed by atoms with Crippen molar-refractivity contribution in [3.8, 4) is 10.6 Å². The zero-order chi connectivity index (χ0) is 14.5. The molecule has 1 heterocycles. The maximum Gasteiger partial charge on any atom is 0.279 e. The average molecular weight is 292 g/mol. The molecule has 0 bridgehead atoms. The largest absolute Gasteiger partial charge is 0.310 e. The molecule has 0 amide bonds. The zero-order valence-electron chi connectivity index (χ0n) is 11.4. The second-order valence-electron chi connectivity index (χ2n) is 4.46. The number of nitrogens with zero attached hydrogens (tertiary/aromatic N) is 3. The summed E-state index contributed by atoms with van der Waals surface area (Å²) in [6, 6.07) is 5.02. The number of nitrogens with one attached hydrogen (secondary N) is 1. The van der Waals surface area contributed by atoms with E-state index in [4.69, 9.17) is 0 Å². The number of rotatable bonds is 6. The molecule has 0 aliphatic carbocycles. The molecule has 0 unspecified atom stereocenters. The molecule has 0 radical (unpaired) electrons. The molecule has 20 heavy (non-hydrogen) atoms. The molecule has 106 valence electrons. The van der Waals surface area contributed by atoms with E-state index in [0.717, 1.165) is 23.5 Å². The molecule has 2 rings (SSSR count). The molecule has 0 spiro atoms. The second-order valence-corrected chi connectivity index (χ2v) is 5.52. The van der Waals surface area contributed by atoms with E-state index in [1.54, 1.807) is 12.1 Å². The van der Waals surface area contributed by atoms with Crippen LogP contribution in [0.4, 0.5) is 5.69 Å². The van der Waals surface area contributed by atoms with Crippen molar-refractivity contribution >= 4 is 17.0 Å². The normalized spacial score (nSPS) is 10.7. The third kappa shape index (κ3) is 3.37. The highest BCUT2D eigenvalue weighted by atomic mass is 32.1. The summed E-state index contributed by atoms with van der Waals surface area (Å²) >= 11 is 1.39. The van der Waals surface area contributed by atoms with Crippen molar-refractivity contribution in [2.24, 2.45) is 0 Å². The molecule has 6 nitrogen and oxygen atoms in total. The molecule has 0 saturated heterocycles. The fourth-order valence-electron chi connectivity index (χ4n) is 1.79. The summed E-state index contributed by atoms with van der Waals surface area (Å²) in [5.74, 6) is 0. The van der Waals surface area contributed by atoms with E-state index in [1.807, 2.05) is 6.92 Å². The standard InChI is InChI=1S/C13H16N4O2S/c1-3-6-14-8-12-15-16-13(20-12)10-7-9(2)4-5-11(10)17(18)19/h4-5,7,14H,3,6,8H2,1-2H3. The van der Waals surface area contributed by atoms with Crippen molar-refractivity contribution in [2.45, 2.75) is 26.8 Å². The van der Waals surface area contributed by atoms with Crippen LogP contribution in [0.3, 0.4) is 0 Å². The van der Waals surface area contributed by atoms with Crippen LogP contribution in [0.1, 0.15) is 23.9 Å². The lowest BCUT2D eigenvalue weighted by Crippen LogP contribution is -2.13. The highest BCUT2D eigenvalue weighted by Gasteiger charge is 2.18. The SMILES string of the molecule is CCCNCc1nnc(-c2cc(C)ccc2[N+](=O)[O-])s1. The van der Waals surface area contributed by atoms with E-state index in [9.17, 15) is 10.1 Å². The van der Waals surface area contributed by atoms with Gasteiger partial charge in [-0.05, 0) is 31.5 Å². The smallest absolute Gasteiger partial charge is 0.279 e. The minimum absolute atomic E-state index is 0.0693. The van der Waals surface area contributed by atoms with Gasteiger partial charge < -0.3 is 5.32 Å². The molecule has 0 aliphatic heterocycles. The molecule has 0 saturated carbocycles. The van der Waals surface area contributed by atoms with Gasteiger partial charge in [0.05, 0.1) is 10.5 Å². The Morgan fingerprint density at radius 1 is 1.40 bits per heavy atom. The Kier molecular flexibility index (Phi) is 4.75. The Bertz CT molecular complexity index is 612. The molecule has 0 aliphatic rings. The lowest BCUT2D eigenvalue weighted by molar-refractivity contribution is -0.384. The first-order valence-corrected chi connectivity index (χ1v) is 7.22. The van der Waals surface area contributed by atoms with Crippen LogP contribution >= 0.6 is 11.3 Å². The predicted octanol–water partition coefficient (Wildman–Crippen LogP) is 2.92. The van der Waals surface area contributed by atoms with E-state index in [2.05, 4.69) is 22.4 Å². The van der Waals surface area contributed by atoms with E-state index < -0.39 is 0 Å². The summed E-state index contributed by atoms with van der Waals surface area (Å²) in [5.41, 5.74) is 1.57. The zero-order valence-corrected chi connectivity index (χ0v) is 12.2. The van der Waals surface area contributed by atoms with Crippen LogP contribution in [0.5, 0.6) is 0 Å². The number of benzene rings is 1. The van der Waals surface area contributed by atoms with Gasteiger partial charge in [0.15, 0.2) is 5.01 Å². The minimum Gasteiger partial charge on any atom is -0.310 e. The average Bonchev–Trinajstić information content (AvgIpc) is 2.87. The fourth-order valence-corrected chi connectivity index (χ4v) is 2.62. The van der Waals surface area contributed by atoms with Gasteiger partial charge in [-0.25, -0.2) is 0 Å². The van der Waals surface area contributed by atoms with Gasteiger partial charge in [0.2, 0.25) is 0 Å². The number of hydrogen-bond donors (Lipinski definition) is 1. The van der Waals surface area contributed by atoms with Crippen molar-refractivity contribution in [2.75, 3.05) is 6.54 Å². The van der Waals surface area contributed by atoms with Gasteiger partial charge in [0.25, 0.3) is 5.69 Å². The Hall–Kier alpha value is -1.86. The lowest BCUT2D eigenvalue weighted by atomic mass is 10.1. The van der Waals surface area contributed by atoms with Gasteiger partial charge >= 0.3 is 0 Å². The fraction of sp³-hybridized carbons (Fsp3) is 0.385. The monoisotopic (exact) mass is 292 g/mol. The van der Waals surface area contributed by atoms with Crippen molar-refractivity contribution < 1.29 is 4.92 Å². The Labute approximate surface area is 121 Å². The van der Waals surface area contributed by atoms with Crippen LogP contribution < -0.4 is 5.32 Å². The van der Waals surface area contributed by atoms with Crippen molar-refractivity contribution in [3.05, 3.63) is 38.9 Å². The van der Waals surface area contributed by atoms with Crippen molar-refractivity contribution in [1.29, 1.82) is 0 Å². The Morgan fingerprint density at radius 2 is 2.20 bits per heavy atom.